The van der Waals surface area contributed by atoms with Gasteiger partial charge in [0.05, 0.1) is 6.54 Å². The molecule has 2 heterocycles. The molecular formula is C17H26N4O3S. The number of carbonyl (C=O) groups excluding carboxylic acids is 1. The third kappa shape index (κ3) is 4.19. The van der Waals surface area contributed by atoms with Crippen LogP contribution in [0.3, 0.4) is 0 Å². The van der Waals surface area contributed by atoms with Gasteiger partial charge in [0.25, 0.3) is 0 Å². The summed E-state index contributed by atoms with van der Waals surface area (Å²) in [6.45, 7) is 2.98. The largest absolute Gasteiger partial charge is 0.339 e. The number of aromatic nitrogens is 1. The molecule has 1 saturated heterocycles. The summed E-state index contributed by atoms with van der Waals surface area (Å²) in [7, 11) is -2.24. The highest BCUT2D eigenvalue weighted by Crippen LogP contribution is 2.24. The number of rotatable bonds is 5. The van der Waals surface area contributed by atoms with Crippen molar-refractivity contribution in [2.24, 2.45) is 0 Å². The fourth-order valence-corrected chi connectivity index (χ4v) is 4.75. The average molecular weight is 366 g/mol. The Morgan fingerprint density at radius 1 is 1.24 bits per heavy atom. The highest BCUT2D eigenvalue weighted by Gasteiger charge is 2.30. The van der Waals surface area contributed by atoms with Crippen LogP contribution < -0.4 is 0 Å². The van der Waals surface area contributed by atoms with Crippen molar-refractivity contribution in [1.29, 1.82) is 0 Å². The van der Waals surface area contributed by atoms with E-state index in [4.69, 9.17) is 0 Å². The second kappa shape index (κ2) is 7.80. The molecule has 1 amide bonds. The topological polar surface area (TPSA) is 73.8 Å². The van der Waals surface area contributed by atoms with Crippen LogP contribution >= 0.6 is 0 Å². The second-order valence-electron chi connectivity index (χ2n) is 6.80. The van der Waals surface area contributed by atoms with Crippen molar-refractivity contribution in [2.45, 2.75) is 36.6 Å². The number of piperazine rings is 1. The normalized spacial score (nSPS) is 20.3. The summed E-state index contributed by atoms with van der Waals surface area (Å²) in [5.74, 6) is -0.138. The zero-order valence-corrected chi connectivity index (χ0v) is 15.5. The zero-order valence-electron chi connectivity index (χ0n) is 14.7. The molecule has 0 aromatic carbocycles. The minimum atomic E-state index is -3.68. The Hall–Kier alpha value is -1.51. The van der Waals surface area contributed by atoms with Gasteiger partial charge in [-0.05, 0) is 25.0 Å². The lowest BCUT2D eigenvalue weighted by Gasteiger charge is -2.38. The van der Waals surface area contributed by atoms with Crippen molar-refractivity contribution in [2.75, 3.05) is 39.8 Å². The van der Waals surface area contributed by atoms with Gasteiger partial charge in [0.2, 0.25) is 15.9 Å². The maximum Gasteiger partial charge on any atom is 0.244 e. The first-order chi connectivity index (χ1) is 12.0. The van der Waals surface area contributed by atoms with E-state index >= 15 is 0 Å². The molecule has 1 aromatic heterocycles. The van der Waals surface area contributed by atoms with E-state index in [9.17, 15) is 13.2 Å². The lowest BCUT2D eigenvalue weighted by Crippen LogP contribution is -2.53. The van der Waals surface area contributed by atoms with Crippen molar-refractivity contribution >= 4 is 15.9 Å². The monoisotopic (exact) mass is 366 g/mol. The van der Waals surface area contributed by atoms with Gasteiger partial charge in [-0.3, -0.25) is 14.7 Å². The van der Waals surface area contributed by atoms with Gasteiger partial charge in [0, 0.05) is 51.7 Å². The van der Waals surface area contributed by atoms with Crippen molar-refractivity contribution < 1.29 is 13.2 Å². The van der Waals surface area contributed by atoms with Crippen molar-refractivity contribution in [1.82, 2.24) is 19.1 Å². The summed E-state index contributed by atoms with van der Waals surface area (Å²) < 4.78 is 26.1. The van der Waals surface area contributed by atoms with Crippen molar-refractivity contribution in [3.8, 4) is 0 Å². The number of hydrogen-bond donors (Lipinski definition) is 0. The lowest BCUT2D eigenvalue weighted by atomic mass is 10.2. The summed E-state index contributed by atoms with van der Waals surface area (Å²) in [6.07, 6.45) is 7.96. The Labute approximate surface area is 149 Å². The number of pyridine rings is 1. The Morgan fingerprint density at radius 3 is 2.52 bits per heavy atom. The molecule has 3 rings (SSSR count). The van der Waals surface area contributed by atoms with Crippen LogP contribution in [0.15, 0.2) is 29.4 Å². The van der Waals surface area contributed by atoms with Gasteiger partial charge in [-0.15, -0.1) is 0 Å². The zero-order chi connectivity index (χ0) is 17.9. The van der Waals surface area contributed by atoms with Crippen LogP contribution in [-0.2, 0) is 14.8 Å². The Morgan fingerprint density at radius 2 is 1.92 bits per heavy atom. The van der Waals surface area contributed by atoms with Gasteiger partial charge >= 0.3 is 0 Å². The van der Waals surface area contributed by atoms with Gasteiger partial charge in [-0.25, -0.2) is 8.42 Å². The molecule has 138 valence electrons. The quantitative estimate of drug-likeness (QED) is 0.770. The van der Waals surface area contributed by atoms with Crippen LogP contribution in [0.4, 0.5) is 0 Å². The number of carbonyl (C=O) groups is 1. The molecule has 2 aliphatic rings. The maximum absolute atomic E-state index is 12.5. The molecule has 1 aromatic rings. The average Bonchev–Trinajstić information content (AvgIpc) is 3.17. The number of sulfonamides is 1. The summed E-state index contributed by atoms with van der Waals surface area (Å²) in [6, 6.07) is 3.74. The number of amides is 1. The van der Waals surface area contributed by atoms with Crippen molar-refractivity contribution in [3.63, 3.8) is 0 Å². The van der Waals surface area contributed by atoms with Gasteiger partial charge < -0.3 is 4.90 Å². The van der Waals surface area contributed by atoms with Gasteiger partial charge in [-0.1, -0.05) is 12.8 Å². The summed E-state index contributed by atoms with van der Waals surface area (Å²) >= 11 is 0. The molecule has 1 aliphatic carbocycles. The van der Waals surface area contributed by atoms with Crippen LogP contribution in [0.5, 0.6) is 0 Å². The molecule has 8 heteroatoms. The summed E-state index contributed by atoms with van der Waals surface area (Å²) in [4.78, 5) is 20.7. The minimum absolute atomic E-state index is 0.108. The van der Waals surface area contributed by atoms with E-state index in [0.29, 0.717) is 19.1 Å². The Kier molecular flexibility index (Phi) is 5.71. The molecule has 0 N–H and O–H groups in total. The summed E-state index contributed by atoms with van der Waals surface area (Å²) in [5.41, 5.74) is 0. The van der Waals surface area contributed by atoms with Gasteiger partial charge in [0.1, 0.15) is 4.90 Å². The standard InChI is InChI=1S/C17H26N4O3S/c1-19(25(23,24)16-7-4-8-18-13-16)14-17(22)21-11-9-20(10-12-21)15-5-2-3-6-15/h4,7-8,13,15H,2-3,5-6,9-12,14H2,1H3. The van der Waals surface area contributed by atoms with E-state index in [0.717, 1.165) is 17.4 Å². The predicted molar refractivity (Wildman–Crippen MR) is 94.5 cm³/mol. The first-order valence-electron chi connectivity index (χ1n) is 8.86. The lowest BCUT2D eigenvalue weighted by molar-refractivity contribution is -0.133. The SMILES string of the molecule is CN(CC(=O)N1CCN(C2CCCC2)CC1)S(=O)(=O)c1cccnc1. The van der Waals surface area contributed by atoms with Crippen LogP contribution in [0, 0.1) is 0 Å². The first-order valence-corrected chi connectivity index (χ1v) is 10.3. The summed E-state index contributed by atoms with van der Waals surface area (Å²) in [5, 5.41) is 0. The number of hydrogen-bond acceptors (Lipinski definition) is 5. The highest BCUT2D eigenvalue weighted by atomic mass is 32.2. The van der Waals surface area contributed by atoms with E-state index in [1.165, 1.54) is 51.2 Å². The smallest absolute Gasteiger partial charge is 0.244 e. The van der Waals surface area contributed by atoms with Gasteiger partial charge in [-0.2, -0.15) is 4.31 Å². The number of likely N-dealkylation sites (N-methyl/N-ethyl adjacent to an activating group) is 1. The van der Waals surface area contributed by atoms with Crippen LogP contribution in [0.25, 0.3) is 0 Å². The van der Waals surface area contributed by atoms with Crippen LogP contribution in [-0.4, -0.2) is 79.2 Å². The van der Waals surface area contributed by atoms with E-state index in [-0.39, 0.29) is 17.3 Å². The molecule has 0 spiro atoms. The van der Waals surface area contributed by atoms with E-state index < -0.39 is 10.0 Å². The van der Waals surface area contributed by atoms with E-state index in [1.54, 1.807) is 11.0 Å². The molecule has 25 heavy (non-hydrogen) atoms. The Bertz CT molecular complexity index is 681. The molecule has 2 fully saturated rings. The van der Waals surface area contributed by atoms with Crippen LogP contribution in [0.2, 0.25) is 0 Å². The first kappa shape index (κ1) is 18.3. The number of nitrogens with zero attached hydrogens (tertiary/aromatic N) is 4. The second-order valence-corrected chi connectivity index (χ2v) is 8.85. The Balaban J connectivity index is 1.54. The van der Waals surface area contributed by atoms with E-state index in [2.05, 4.69) is 9.88 Å². The third-order valence-corrected chi connectivity index (χ3v) is 7.00. The maximum atomic E-state index is 12.5. The van der Waals surface area contributed by atoms with E-state index in [1.807, 2.05) is 0 Å². The molecule has 0 atom stereocenters. The fraction of sp³-hybridized carbons (Fsp3) is 0.647. The molecule has 0 bridgehead atoms. The molecule has 0 radical (unpaired) electrons. The van der Waals surface area contributed by atoms with Crippen LogP contribution in [0.1, 0.15) is 25.7 Å². The fourth-order valence-electron chi connectivity index (χ4n) is 3.66. The highest BCUT2D eigenvalue weighted by molar-refractivity contribution is 7.89. The van der Waals surface area contributed by atoms with Gasteiger partial charge in [0.15, 0.2) is 0 Å². The van der Waals surface area contributed by atoms with Crippen molar-refractivity contribution in [3.05, 3.63) is 24.5 Å². The molecule has 1 aliphatic heterocycles. The molecule has 0 unspecified atom stereocenters. The molecule has 7 nitrogen and oxygen atoms in total. The third-order valence-electron chi connectivity index (χ3n) is 5.21. The predicted octanol–water partition coefficient (Wildman–Crippen LogP) is 0.789. The molecule has 1 saturated carbocycles. The molecular weight excluding hydrogens is 340 g/mol. The minimum Gasteiger partial charge on any atom is -0.339 e.